The molecule has 0 unspecified atom stereocenters. The lowest BCUT2D eigenvalue weighted by molar-refractivity contribution is 0.186. The molecule has 0 spiro atoms. The van der Waals surface area contributed by atoms with Crippen LogP contribution in [0.2, 0.25) is 0 Å². The molecule has 1 rings (SSSR count). The molecule has 13 heavy (non-hydrogen) atoms. The number of rotatable bonds is 6. The van der Waals surface area contributed by atoms with Crippen LogP contribution in [-0.2, 0) is 17.7 Å². The maximum Gasteiger partial charge on any atom is 0.132 e. The Morgan fingerprint density at radius 2 is 2.38 bits per heavy atom. The Kier molecular flexibility index (Phi) is 4.46. The molecule has 4 nitrogen and oxygen atoms in total. The SMILES string of the molecule is CCCCc1nncn1CCOC. The lowest BCUT2D eigenvalue weighted by Crippen LogP contribution is -2.07. The van der Waals surface area contributed by atoms with Crippen LogP contribution in [-0.4, -0.2) is 28.5 Å². The Hall–Kier alpha value is -0.900. The van der Waals surface area contributed by atoms with Gasteiger partial charge in [0.2, 0.25) is 0 Å². The van der Waals surface area contributed by atoms with Crippen molar-refractivity contribution in [1.29, 1.82) is 0 Å². The summed E-state index contributed by atoms with van der Waals surface area (Å²) >= 11 is 0. The number of aryl methyl sites for hydroxylation is 1. The number of nitrogens with zero attached hydrogens (tertiary/aromatic N) is 3. The van der Waals surface area contributed by atoms with Crippen molar-refractivity contribution in [2.45, 2.75) is 32.7 Å². The van der Waals surface area contributed by atoms with Gasteiger partial charge in [0, 0.05) is 20.1 Å². The summed E-state index contributed by atoms with van der Waals surface area (Å²) in [5.41, 5.74) is 0. The fraction of sp³-hybridized carbons (Fsp3) is 0.778. The topological polar surface area (TPSA) is 39.9 Å². The molecule has 74 valence electrons. The van der Waals surface area contributed by atoms with Crippen LogP contribution in [0.25, 0.3) is 0 Å². The van der Waals surface area contributed by atoms with Gasteiger partial charge in [-0.15, -0.1) is 10.2 Å². The van der Waals surface area contributed by atoms with Crippen LogP contribution >= 0.6 is 0 Å². The maximum atomic E-state index is 5.00. The second kappa shape index (κ2) is 5.70. The lowest BCUT2D eigenvalue weighted by Gasteiger charge is -2.04. The second-order valence-corrected chi connectivity index (χ2v) is 3.04. The van der Waals surface area contributed by atoms with E-state index < -0.39 is 0 Å². The van der Waals surface area contributed by atoms with Crippen LogP contribution in [0.4, 0.5) is 0 Å². The predicted octanol–water partition coefficient (Wildman–Crippen LogP) is 1.27. The Morgan fingerprint density at radius 1 is 1.54 bits per heavy atom. The zero-order valence-corrected chi connectivity index (χ0v) is 8.36. The van der Waals surface area contributed by atoms with Gasteiger partial charge in [0.25, 0.3) is 0 Å². The van der Waals surface area contributed by atoms with Crippen molar-refractivity contribution in [3.8, 4) is 0 Å². The van der Waals surface area contributed by atoms with E-state index in [2.05, 4.69) is 21.7 Å². The van der Waals surface area contributed by atoms with Gasteiger partial charge in [-0.3, -0.25) is 0 Å². The first-order chi connectivity index (χ1) is 6.38. The van der Waals surface area contributed by atoms with E-state index in [9.17, 15) is 0 Å². The fourth-order valence-electron chi connectivity index (χ4n) is 1.18. The van der Waals surface area contributed by atoms with E-state index in [1.165, 1.54) is 12.8 Å². The van der Waals surface area contributed by atoms with Crippen LogP contribution in [0, 0.1) is 0 Å². The van der Waals surface area contributed by atoms with E-state index in [0.717, 1.165) is 25.4 Å². The third-order valence-corrected chi connectivity index (χ3v) is 1.99. The van der Waals surface area contributed by atoms with Gasteiger partial charge in [0.1, 0.15) is 12.2 Å². The molecule has 0 bridgehead atoms. The minimum atomic E-state index is 0.719. The summed E-state index contributed by atoms with van der Waals surface area (Å²) in [7, 11) is 1.70. The number of methoxy groups -OCH3 is 1. The highest BCUT2D eigenvalue weighted by atomic mass is 16.5. The molecule has 0 atom stereocenters. The zero-order valence-electron chi connectivity index (χ0n) is 8.36. The minimum Gasteiger partial charge on any atom is -0.383 e. The summed E-state index contributed by atoms with van der Waals surface area (Å²) in [6.07, 6.45) is 5.15. The number of hydrogen-bond donors (Lipinski definition) is 0. The van der Waals surface area contributed by atoms with Crippen molar-refractivity contribution in [2.24, 2.45) is 0 Å². The number of hydrogen-bond acceptors (Lipinski definition) is 3. The molecule has 0 aromatic carbocycles. The first-order valence-electron chi connectivity index (χ1n) is 4.74. The molecule has 0 N–H and O–H groups in total. The van der Waals surface area contributed by atoms with Gasteiger partial charge in [-0.1, -0.05) is 13.3 Å². The molecule has 0 fully saturated rings. The van der Waals surface area contributed by atoms with Gasteiger partial charge in [0.05, 0.1) is 6.61 Å². The van der Waals surface area contributed by atoms with E-state index >= 15 is 0 Å². The van der Waals surface area contributed by atoms with Crippen molar-refractivity contribution in [1.82, 2.24) is 14.8 Å². The summed E-state index contributed by atoms with van der Waals surface area (Å²) in [4.78, 5) is 0. The summed E-state index contributed by atoms with van der Waals surface area (Å²) in [5.74, 6) is 1.07. The van der Waals surface area contributed by atoms with Gasteiger partial charge in [-0.2, -0.15) is 0 Å². The van der Waals surface area contributed by atoms with Crippen LogP contribution in [0.5, 0.6) is 0 Å². The summed E-state index contributed by atoms with van der Waals surface area (Å²) in [6.45, 7) is 3.75. The quantitative estimate of drug-likeness (QED) is 0.666. The van der Waals surface area contributed by atoms with Gasteiger partial charge in [0.15, 0.2) is 0 Å². The van der Waals surface area contributed by atoms with Crippen LogP contribution in [0.3, 0.4) is 0 Å². The first-order valence-corrected chi connectivity index (χ1v) is 4.74. The van der Waals surface area contributed by atoms with E-state index in [-0.39, 0.29) is 0 Å². The first kappa shape index (κ1) is 10.2. The molecule has 0 radical (unpaired) electrons. The van der Waals surface area contributed by atoms with Gasteiger partial charge < -0.3 is 9.30 Å². The molecule has 0 saturated heterocycles. The van der Waals surface area contributed by atoms with E-state index in [4.69, 9.17) is 4.74 Å². The normalized spacial score (nSPS) is 10.6. The monoisotopic (exact) mass is 183 g/mol. The summed E-state index contributed by atoms with van der Waals surface area (Å²) < 4.78 is 7.05. The molecule has 0 aliphatic heterocycles. The van der Waals surface area contributed by atoms with Crippen molar-refractivity contribution in [2.75, 3.05) is 13.7 Å². The van der Waals surface area contributed by atoms with E-state index in [0.29, 0.717) is 0 Å². The molecular formula is C9H17N3O. The third-order valence-electron chi connectivity index (χ3n) is 1.99. The number of unbranched alkanes of at least 4 members (excludes halogenated alkanes) is 1. The summed E-state index contributed by atoms with van der Waals surface area (Å²) in [5, 5.41) is 7.95. The number of ether oxygens (including phenoxy) is 1. The molecule has 0 amide bonds. The van der Waals surface area contributed by atoms with Crippen LogP contribution in [0.1, 0.15) is 25.6 Å². The van der Waals surface area contributed by atoms with Crippen molar-refractivity contribution >= 4 is 0 Å². The second-order valence-electron chi connectivity index (χ2n) is 3.04. The molecule has 1 aromatic rings. The van der Waals surface area contributed by atoms with Crippen LogP contribution < -0.4 is 0 Å². The zero-order chi connectivity index (χ0) is 9.52. The van der Waals surface area contributed by atoms with Crippen LogP contribution in [0.15, 0.2) is 6.33 Å². The molecular weight excluding hydrogens is 166 g/mol. The Bertz CT molecular complexity index is 212. The third kappa shape index (κ3) is 3.14. The standard InChI is InChI=1S/C9H17N3O/c1-3-4-5-9-11-10-8-12(9)6-7-13-2/h8H,3-7H2,1-2H3. The largest absolute Gasteiger partial charge is 0.383 e. The van der Waals surface area contributed by atoms with Gasteiger partial charge >= 0.3 is 0 Å². The van der Waals surface area contributed by atoms with Crippen molar-refractivity contribution in [3.63, 3.8) is 0 Å². The predicted molar refractivity (Wildman–Crippen MR) is 50.5 cm³/mol. The van der Waals surface area contributed by atoms with Crippen molar-refractivity contribution in [3.05, 3.63) is 12.2 Å². The smallest absolute Gasteiger partial charge is 0.132 e. The van der Waals surface area contributed by atoms with E-state index in [1.807, 2.05) is 0 Å². The average molecular weight is 183 g/mol. The maximum absolute atomic E-state index is 5.00. The molecule has 1 aromatic heterocycles. The molecule has 0 saturated carbocycles. The Balaban J connectivity index is 2.45. The molecule has 0 aliphatic carbocycles. The van der Waals surface area contributed by atoms with Gasteiger partial charge in [-0.05, 0) is 6.42 Å². The molecule has 4 heteroatoms. The highest BCUT2D eigenvalue weighted by Gasteiger charge is 2.02. The van der Waals surface area contributed by atoms with E-state index in [1.54, 1.807) is 13.4 Å². The lowest BCUT2D eigenvalue weighted by atomic mass is 10.2. The summed E-state index contributed by atoms with van der Waals surface area (Å²) in [6, 6.07) is 0. The molecule has 0 aliphatic rings. The molecule has 1 heterocycles. The van der Waals surface area contributed by atoms with Crippen molar-refractivity contribution < 1.29 is 4.74 Å². The Labute approximate surface area is 78.9 Å². The average Bonchev–Trinajstić information content (AvgIpc) is 2.59. The number of aromatic nitrogens is 3. The Morgan fingerprint density at radius 3 is 3.08 bits per heavy atom. The minimum absolute atomic E-state index is 0.719. The van der Waals surface area contributed by atoms with Gasteiger partial charge in [-0.25, -0.2) is 0 Å². The fourth-order valence-corrected chi connectivity index (χ4v) is 1.18. The highest BCUT2D eigenvalue weighted by molar-refractivity contribution is 4.85. The highest BCUT2D eigenvalue weighted by Crippen LogP contribution is 2.01.